The van der Waals surface area contributed by atoms with Gasteiger partial charge in [-0.25, -0.2) is 4.79 Å². The number of hydrogen-bond donors (Lipinski definition) is 2. The van der Waals surface area contributed by atoms with Gasteiger partial charge in [0.25, 0.3) is 0 Å². The third-order valence-corrected chi connectivity index (χ3v) is 15.5. The van der Waals surface area contributed by atoms with E-state index in [1.54, 1.807) is 0 Å². The van der Waals surface area contributed by atoms with E-state index in [9.17, 15) is 9.90 Å². The van der Waals surface area contributed by atoms with Crippen molar-refractivity contribution < 1.29 is 28.8 Å². The molecule has 0 aromatic carbocycles. The Morgan fingerprint density at radius 1 is 0.977 bits per heavy atom. The van der Waals surface area contributed by atoms with E-state index in [0.29, 0.717) is 34.5 Å². The molecule has 7 heteroatoms. The summed E-state index contributed by atoms with van der Waals surface area (Å²) >= 11 is 0. The highest BCUT2D eigenvalue weighted by molar-refractivity contribution is 5.64. The molecule has 7 fully saturated rings. The number of carbonyl (C=O) groups is 1. The molecule has 14 atom stereocenters. The zero-order valence-corrected chi connectivity index (χ0v) is 27.9. The molecule has 2 spiro atoms. The molecule has 0 aromatic heterocycles. The molecule has 7 nitrogen and oxygen atoms in total. The number of fused-ring (bicyclic) bond motifs is 4. The van der Waals surface area contributed by atoms with Crippen LogP contribution in [0.25, 0.3) is 0 Å². The van der Waals surface area contributed by atoms with Crippen molar-refractivity contribution in [1.29, 1.82) is 0 Å². The van der Waals surface area contributed by atoms with Crippen molar-refractivity contribution >= 4 is 6.09 Å². The Labute approximate surface area is 259 Å². The lowest BCUT2D eigenvalue weighted by Crippen LogP contribution is -2.60. The predicted molar refractivity (Wildman–Crippen MR) is 164 cm³/mol. The zero-order chi connectivity index (χ0) is 30.7. The second-order valence-corrected chi connectivity index (χ2v) is 17.6. The smallest absolute Gasteiger partial charge is 0.404 e. The van der Waals surface area contributed by atoms with Crippen LogP contribution in [-0.2, 0) is 18.9 Å². The molecule has 7 rings (SSSR count). The average molecular weight is 602 g/mol. The minimum Gasteiger partial charge on any atom is -0.443 e. The van der Waals surface area contributed by atoms with E-state index < -0.39 is 18.3 Å². The molecule has 244 valence electrons. The van der Waals surface area contributed by atoms with E-state index in [4.69, 9.17) is 24.7 Å². The summed E-state index contributed by atoms with van der Waals surface area (Å²) in [5, 5.41) is 12.5. The summed E-state index contributed by atoms with van der Waals surface area (Å²) in [6.07, 6.45) is 10.8. The molecular formula is C36H59NO6. The first-order chi connectivity index (χ1) is 20.2. The normalized spacial score (nSPS) is 53.9. The first-order valence-electron chi connectivity index (χ1n) is 17.8. The average Bonchev–Trinajstić information content (AvgIpc) is 3.58. The molecule has 7 aliphatic rings. The summed E-state index contributed by atoms with van der Waals surface area (Å²) in [7, 11) is 0. The Morgan fingerprint density at radius 2 is 1.70 bits per heavy atom. The van der Waals surface area contributed by atoms with Gasteiger partial charge in [0.1, 0.15) is 6.10 Å². The fraction of sp³-hybridized carbons (Fsp3) is 0.972. The van der Waals surface area contributed by atoms with Crippen molar-refractivity contribution in [2.45, 2.75) is 156 Å². The summed E-state index contributed by atoms with van der Waals surface area (Å²) in [6, 6.07) is 0. The monoisotopic (exact) mass is 601 g/mol. The van der Waals surface area contributed by atoms with E-state index in [1.165, 1.54) is 38.5 Å². The number of nitrogens with two attached hydrogens (primary N) is 1. The number of rotatable bonds is 5. The van der Waals surface area contributed by atoms with Crippen LogP contribution in [0.2, 0.25) is 0 Å². The first kappa shape index (κ1) is 30.7. The minimum atomic E-state index is -0.747. The van der Waals surface area contributed by atoms with Gasteiger partial charge in [0.15, 0.2) is 6.29 Å². The lowest BCUT2D eigenvalue weighted by molar-refractivity contribution is -0.242. The maximum atomic E-state index is 12.5. The number of carbonyl (C=O) groups excluding carboxylic acids is 1. The van der Waals surface area contributed by atoms with Gasteiger partial charge >= 0.3 is 6.09 Å². The van der Waals surface area contributed by atoms with Crippen LogP contribution in [-0.4, -0.2) is 54.6 Å². The van der Waals surface area contributed by atoms with Gasteiger partial charge in [-0.1, -0.05) is 48.5 Å². The second-order valence-electron chi connectivity index (χ2n) is 17.6. The number of aliphatic hydroxyl groups is 1. The van der Waals surface area contributed by atoms with Crippen LogP contribution in [0.5, 0.6) is 0 Å². The summed E-state index contributed by atoms with van der Waals surface area (Å²) in [4.78, 5) is 11.8. The zero-order valence-electron chi connectivity index (χ0n) is 27.9. The van der Waals surface area contributed by atoms with Gasteiger partial charge in [0.05, 0.1) is 24.4 Å². The highest BCUT2D eigenvalue weighted by Gasteiger charge is 2.84. The standard InChI is InChI=1S/C36H59NO6/c1-20(2)28(43-31(37)39)22-18-21(3)27-29(41-22)30(38)34(7)24-12-11-23-32(4,5)25(42-26-10-8-9-17-40-26)13-14-35(23)19-36(24,35)16-15-33(27,34)6/h20-30,38H,8-19H2,1-7H3,(H2,37,39)/t21-,22-,23+,24+,25?,26+,27+,28-,29+,30+,33-,34-,35?,36+/m1/s1. The maximum absolute atomic E-state index is 12.5. The molecule has 5 aliphatic carbocycles. The molecule has 2 aliphatic heterocycles. The van der Waals surface area contributed by atoms with Crippen LogP contribution in [0.1, 0.15) is 119 Å². The molecule has 1 amide bonds. The van der Waals surface area contributed by atoms with Gasteiger partial charge in [-0.15, -0.1) is 0 Å². The molecule has 43 heavy (non-hydrogen) atoms. The summed E-state index contributed by atoms with van der Waals surface area (Å²) in [5.74, 6) is 1.92. The number of aliphatic hydroxyl groups excluding tert-OH is 1. The Bertz CT molecular complexity index is 1110. The molecule has 2 saturated heterocycles. The SMILES string of the molecule is CC(C)[C@@H](OC(N)=O)[C@H]1C[C@@H](C)[C@H]2[C@H](O1)[C@H](O)[C@@]1(C)[C@@H]3CC[C@H]4C(C)(C)C(O[C@H]5CCCCO5)CCC45C[C@@]35CC[C@]21C. The number of hydrogen-bond acceptors (Lipinski definition) is 6. The molecule has 0 bridgehead atoms. The molecule has 0 radical (unpaired) electrons. The minimum absolute atomic E-state index is 0.0139. The van der Waals surface area contributed by atoms with Gasteiger partial charge in [-0.2, -0.15) is 0 Å². The third kappa shape index (κ3) is 4.02. The number of amides is 1. The summed E-state index contributed by atoms with van der Waals surface area (Å²) in [6.45, 7) is 17.2. The Kier molecular flexibility index (Phi) is 7.19. The Morgan fingerprint density at radius 3 is 2.37 bits per heavy atom. The fourth-order valence-electron chi connectivity index (χ4n) is 13.5. The molecular weight excluding hydrogens is 542 g/mol. The largest absolute Gasteiger partial charge is 0.443 e. The maximum Gasteiger partial charge on any atom is 0.404 e. The summed E-state index contributed by atoms with van der Waals surface area (Å²) in [5.41, 5.74) is 6.10. The third-order valence-electron chi connectivity index (χ3n) is 15.5. The molecule has 2 unspecified atom stereocenters. The van der Waals surface area contributed by atoms with Crippen LogP contribution in [0, 0.1) is 56.7 Å². The molecule has 0 aromatic rings. The van der Waals surface area contributed by atoms with E-state index in [0.717, 1.165) is 38.7 Å². The lowest BCUT2D eigenvalue weighted by atomic mass is 9.41. The molecule has 3 N–H and O–H groups in total. The molecule has 5 saturated carbocycles. The number of primary amides is 1. The van der Waals surface area contributed by atoms with Crippen molar-refractivity contribution in [3.63, 3.8) is 0 Å². The van der Waals surface area contributed by atoms with Crippen molar-refractivity contribution in [2.75, 3.05) is 6.61 Å². The van der Waals surface area contributed by atoms with Crippen LogP contribution >= 0.6 is 0 Å². The highest BCUT2D eigenvalue weighted by atomic mass is 16.7. The van der Waals surface area contributed by atoms with Crippen molar-refractivity contribution in [2.24, 2.45) is 62.4 Å². The van der Waals surface area contributed by atoms with Crippen LogP contribution in [0.3, 0.4) is 0 Å². The van der Waals surface area contributed by atoms with Gasteiger partial charge in [-0.05, 0) is 122 Å². The van der Waals surface area contributed by atoms with Crippen molar-refractivity contribution in [3.05, 3.63) is 0 Å². The van der Waals surface area contributed by atoms with E-state index in [1.807, 2.05) is 0 Å². The van der Waals surface area contributed by atoms with Gasteiger partial charge in [0.2, 0.25) is 0 Å². The van der Waals surface area contributed by atoms with Gasteiger partial charge < -0.3 is 29.8 Å². The van der Waals surface area contributed by atoms with E-state index >= 15 is 0 Å². The van der Waals surface area contributed by atoms with Crippen LogP contribution in [0.15, 0.2) is 0 Å². The second kappa shape index (κ2) is 10.1. The molecule has 2 heterocycles. The highest BCUT2D eigenvalue weighted by Crippen LogP contribution is 2.89. The van der Waals surface area contributed by atoms with Crippen molar-refractivity contribution in [3.8, 4) is 0 Å². The van der Waals surface area contributed by atoms with Gasteiger partial charge in [-0.3, -0.25) is 0 Å². The Balaban J connectivity index is 1.16. The van der Waals surface area contributed by atoms with E-state index in [-0.39, 0.29) is 46.8 Å². The number of ether oxygens (including phenoxy) is 4. The van der Waals surface area contributed by atoms with Crippen LogP contribution < -0.4 is 5.73 Å². The topological polar surface area (TPSA) is 100 Å². The first-order valence-corrected chi connectivity index (χ1v) is 17.8. The van der Waals surface area contributed by atoms with Gasteiger partial charge in [0, 0.05) is 12.0 Å². The van der Waals surface area contributed by atoms with E-state index in [2.05, 4.69) is 48.5 Å². The Hall–Kier alpha value is -0.890. The lowest BCUT2D eigenvalue weighted by Gasteiger charge is -2.64. The quantitative estimate of drug-likeness (QED) is 0.335. The van der Waals surface area contributed by atoms with Crippen LogP contribution in [0.4, 0.5) is 4.79 Å². The predicted octanol–water partition coefficient (Wildman–Crippen LogP) is 6.83. The fourth-order valence-corrected chi connectivity index (χ4v) is 13.5. The van der Waals surface area contributed by atoms with Crippen molar-refractivity contribution in [1.82, 2.24) is 0 Å². The summed E-state index contributed by atoms with van der Waals surface area (Å²) < 4.78 is 25.3.